The third kappa shape index (κ3) is 5.12. The summed E-state index contributed by atoms with van der Waals surface area (Å²) in [6.07, 6.45) is 2.43. The van der Waals surface area contributed by atoms with E-state index >= 15 is 0 Å². The molecule has 1 aromatic heterocycles. The SMILES string of the molecule is O=C1NC(=S)N(c2ccc(Oc3ccccc3)cc2)C(=O)C1=Cc1sc(N2CCC(O)CC2)nc1Cl. The number of nitrogens with zero attached hydrogens (tertiary/aromatic N) is 3. The molecule has 2 saturated heterocycles. The molecule has 2 aromatic carbocycles. The first-order valence-electron chi connectivity index (χ1n) is 11.2. The zero-order valence-corrected chi connectivity index (χ0v) is 21.3. The highest BCUT2D eigenvalue weighted by molar-refractivity contribution is 7.80. The number of aromatic nitrogens is 1. The number of carbonyl (C=O) groups excluding carboxylic acids is 2. The highest BCUT2D eigenvalue weighted by Gasteiger charge is 2.35. The fraction of sp³-hybridized carbons (Fsp3) is 0.200. The van der Waals surface area contributed by atoms with Crippen LogP contribution in [0.3, 0.4) is 0 Å². The molecule has 0 spiro atoms. The normalized spacial score (nSPS) is 18.1. The van der Waals surface area contributed by atoms with Crippen molar-refractivity contribution in [2.45, 2.75) is 18.9 Å². The van der Waals surface area contributed by atoms with Gasteiger partial charge in [0, 0.05) is 13.1 Å². The lowest BCUT2D eigenvalue weighted by Crippen LogP contribution is -2.54. The molecule has 0 atom stereocenters. The van der Waals surface area contributed by atoms with Crippen LogP contribution in [0.2, 0.25) is 5.15 Å². The Morgan fingerprint density at radius 3 is 2.44 bits per heavy atom. The molecule has 2 aliphatic rings. The standard InChI is InChI=1S/C25H21ClN4O4S2/c26-21-20(36-25(27-21)29-12-10-16(31)11-13-29)14-19-22(32)28-24(35)30(23(19)33)15-6-8-18(9-7-15)34-17-4-2-1-3-5-17/h1-9,14,16,31H,10-13H2,(H,28,32,35). The molecule has 2 fully saturated rings. The van der Waals surface area contributed by atoms with Crippen molar-refractivity contribution in [1.82, 2.24) is 10.3 Å². The van der Waals surface area contributed by atoms with Crippen molar-refractivity contribution in [2.24, 2.45) is 0 Å². The van der Waals surface area contributed by atoms with E-state index in [1.807, 2.05) is 35.2 Å². The van der Waals surface area contributed by atoms with Crippen LogP contribution in [0.4, 0.5) is 10.8 Å². The fourth-order valence-corrected chi connectivity index (χ4v) is 5.43. The summed E-state index contributed by atoms with van der Waals surface area (Å²) < 4.78 is 5.81. The molecule has 0 saturated carbocycles. The van der Waals surface area contributed by atoms with Gasteiger partial charge in [0.1, 0.15) is 22.2 Å². The predicted molar refractivity (Wildman–Crippen MR) is 144 cm³/mol. The second-order valence-electron chi connectivity index (χ2n) is 8.24. The number of benzene rings is 2. The summed E-state index contributed by atoms with van der Waals surface area (Å²) in [6.45, 7) is 1.32. The maximum atomic E-state index is 13.4. The number of nitrogens with one attached hydrogen (secondary N) is 1. The summed E-state index contributed by atoms with van der Waals surface area (Å²) in [5.41, 5.74) is 0.388. The molecule has 0 unspecified atom stereocenters. The summed E-state index contributed by atoms with van der Waals surface area (Å²) in [6, 6.07) is 16.2. The third-order valence-corrected chi connectivity index (χ3v) is 7.53. The van der Waals surface area contributed by atoms with Crippen molar-refractivity contribution >= 4 is 69.0 Å². The molecule has 0 bridgehead atoms. The molecule has 3 aromatic rings. The van der Waals surface area contributed by atoms with E-state index in [0.29, 0.717) is 53.1 Å². The number of piperidine rings is 1. The van der Waals surface area contributed by atoms with Crippen LogP contribution in [0, 0.1) is 0 Å². The van der Waals surface area contributed by atoms with Crippen molar-refractivity contribution < 1.29 is 19.4 Å². The minimum absolute atomic E-state index is 0.0122. The number of ether oxygens (including phenoxy) is 1. The van der Waals surface area contributed by atoms with Crippen LogP contribution >= 0.6 is 35.2 Å². The first-order valence-corrected chi connectivity index (χ1v) is 12.8. The Balaban J connectivity index is 1.37. The number of thiocarbonyl (C=S) groups is 1. The van der Waals surface area contributed by atoms with Crippen molar-refractivity contribution in [2.75, 3.05) is 22.9 Å². The Bertz CT molecular complexity index is 1340. The summed E-state index contributed by atoms with van der Waals surface area (Å²) in [5.74, 6) is 0.119. The van der Waals surface area contributed by atoms with E-state index in [1.54, 1.807) is 24.3 Å². The van der Waals surface area contributed by atoms with Crippen molar-refractivity contribution in [3.8, 4) is 11.5 Å². The molecule has 0 radical (unpaired) electrons. The van der Waals surface area contributed by atoms with Crippen LogP contribution in [-0.4, -0.2) is 46.2 Å². The Kier molecular flexibility index (Phi) is 7.01. The molecule has 2 aliphatic heterocycles. The van der Waals surface area contributed by atoms with Gasteiger partial charge in [0.15, 0.2) is 10.2 Å². The van der Waals surface area contributed by atoms with Crippen molar-refractivity contribution in [3.63, 3.8) is 0 Å². The van der Waals surface area contributed by atoms with Gasteiger partial charge in [-0.25, -0.2) is 4.98 Å². The maximum absolute atomic E-state index is 13.4. The van der Waals surface area contributed by atoms with Crippen molar-refractivity contribution in [3.05, 3.63) is 70.2 Å². The van der Waals surface area contributed by atoms with Gasteiger partial charge < -0.3 is 14.7 Å². The van der Waals surface area contributed by atoms with Crippen LogP contribution in [0.1, 0.15) is 17.7 Å². The van der Waals surface area contributed by atoms with E-state index in [1.165, 1.54) is 22.3 Å². The number of aliphatic hydroxyl groups excluding tert-OH is 1. The molecular weight excluding hydrogens is 520 g/mol. The average molecular weight is 541 g/mol. The van der Waals surface area contributed by atoms with E-state index < -0.39 is 11.8 Å². The molecule has 3 heterocycles. The zero-order valence-electron chi connectivity index (χ0n) is 18.9. The molecule has 8 nitrogen and oxygen atoms in total. The van der Waals surface area contributed by atoms with Gasteiger partial charge in [0.05, 0.1) is 16.7 Å². The Morgan fingerprint density at radius 1 is 1.08 bits per heavy atom. The second-order valence-corrected chi connectivity index (χ2v) is 9.99. The number of carbonyl (C=O) groups is 2. The largest absolute Gasteiger partial charge is 0.457 e. The zero-order chi connectivity index (χ0) is 25.2. The Morgan fingerprint density at radius 2 is 1.75 bits per heavy atom. The lowest BCUT2D eigenvalue weighted by atomic mass is 10.1. The number of amides is 2. The predicted octanol–water partition coefficient (Wildman–Crippen LogP) is 4.38. The topological polar surface area (TPSA) is 95.0 Å². The summed E-state index contributed by atoms with van der Waals surface area (Å²) in [5, 5.41) is 13.2. The van der Waals surface area contributed by atoms with Crippen LogP contribution in [0.5, 0.6) is 11.5 Å². The van der Waals surface area contributed by atoms with Crippen LogP contribution < -0.4 is 19.9 Å². The number of aliphatic hydroxyl groups is 1. The Hall–Kier alpha value is -3.31. The van der Waals surface area contributed by atoms with Crippen molar-refractivity contribution in [1.29, 1.82) is 0 Å². The molecule has 11 heteroatoms. The van der Waals surface area contributed by atoms with E-state index in [4.69, 9.17) is 28.6 Å². The molecule has 2 N–H and O–H groups in total. The van der Waals surface area contributed by atoms with Gasteiger partial charge in [-0.05, 0) is 67.5 Å². The number of rotatable bonds is 5. The molecular formula is C25H21ClN4O4S2. The summed E-state index contributed by atoms with van der Waals surface area (Å²) in [4.78, 5) is 34.2. The second kappa shape index (κ2) is 10.4. The lowest BCUT2D eigenvalue weighted by molar-refractivity contribution is -0.122. The minimum atomic E-state index is -0.600. The fourth-order valence-electron chi connectivity index (χ4n) is 3.89. The first kappa shape index (κ1) is 24.4. The van der Waals surface area contributed by atoms with Gasteiger partial charge in [0.2, 0.25) is 0 Å². The van der Waals surface area contributed by atoms with E-state index in [0.717, 1.165) is 0 Å². The van der Waals surface area contributed by atoms with Gasteiger partial charge in [0.25, 0.3) is 11.8 Å². The first-order chi connectivity index (χ1) is 17.4. The Labute approximate surface area is 221 Å². The number of halogens is 1. The van der Waals surface area contributed by atoms with E-state index in [-0.39, 0.29) is 21.9 Å². The number of anilines is 2. The number of thiazole rings is 1. The lowest BCUT2D eigenvalue weighted by Gasteiger charge is -2.29. The highest BCUT2D eigenvalue weighted by Crippen LogP contribution is 2.34. The molecule has 2 amide bonds. The summed E-state index contributed by atoms with van der Waals surface area (Å²) in [7, 11) is 0. The van der Waals surface area contributed by atoms with Gasteiger partial charge in [-0.3, -0.25) is 19.8 Å². The van der Waals surface area contributed by atoms with E-state index in [9.17, 15) is 14.7 Å². The maximum Gasteiger partial charge on any atom is 0.270 e. The molecule has 5 rings (SSSR count). The average Bonchev–Trinajstić information content (AvgIpc) is 3.24. The molecule has 184 valence electrons. The number of para-hydroxylation sites is 1. The molecule has 36 heavy (non-hydrogen) atoms. The van der Waals surface area contributed by atoms with Crippen LogP contribution in [0.15, 0.2) is 60.2 Å². The number of hydrogen-bond donors (Lipinski definition) is 2. The minimum Gasteiger partial charge on any atom is -0.457 e. The smallest absolute Gasteiger partial charge is 0.270 e. The van der Waals surface area contributed by atoms with Gasteiger partial charge in [-0.1, -0.05) is 41.1 Å². The van der Waals surface area contributed by atoms with Gasteiger partial charge >= 0.3 is 0 Å². The van der Waals surface area contributed by atoms with E-state index in [2.05, 4.69) is 10.3 Å². The summed E-state index contributed by atoms with van der Waals surface area (Å²) >= 11 is 12.9. The number of hydrogen-bond acceptors (Lipinski definition) is 8. The molecule has 0 aliphatic carbocycles. The van der Waals surface area contributed by atoms with Crippen LogP contribution in [-0.2, 0) is 9.59 Å². The van der Waals surface area contributed by atoms with Gasteiger partial charge in [-0.2, -0.15) is 0 Å². The highest BCUT2D eigenvalue weighted by atomic mass is 35.5. The monoisotopic (exact) mass is 540 g/mol. The van der Waals surface area contributed by atoms with Gasteiger partial charge in [-0.15, -0.1) is 0 Å². The third-order valence-electron chi connectivity index (χ3n) is 5.78. The quantitative estimate of drug-likeness (QED) is 0.282. The van der Waals surface area contributed by atoms with Crippen LogP contribution in [0.25, 0.3) is 6.08 Å².